The molecular formula is C16H37O3P. The van der Waals surface area contributed by atoms with Crippen molar-refractivity contribution in [2.75, 3.05) is 13.2 Å². The summed E-state index contributed by atoms with van der Waals surface area (Å²) in [6, 6.07) is 0. The SMILES string of the molecule is CCCCCCCC.CCCCO[PH](=O)OCCCC. The molecule has 0 N–H and O–H groups in total. The topological polar surface area (TPSA) is 35.5 Å². The molecule has 0 aliphatic carbocycles. The highest BCUT2D eigenvalue weighted by Crippen LogP contribution is 2.24. The second-order valence-corrected chi connectivity index (χ2v) is 6.15. The van der Waals surface area contributed by atoms with E-state index in [9.17, 15) is 4.57 Å². The first-order valence-corrected chi connectivity index (χ1v) is 9.74. The molecule has 0 saturated heterocycles. The van der Waals surface area contributed by atoms with E-state index in [-0.39, 0.29) is 0 Å². The van der Waals surface area contributed by atoms with Gasteiger partial charge in [-0.3, -0.25) is 4.57 Å². The molecule has 0 aromatic heterocycles. The van der Waals surface area contributed by atoms with Crippen molar-refractivity contribution in [3.05, 3.63) is 0 Å². The van der Waals surface area contributed by atoms with Gasteiger partial charge in [-0.1, -0.05) is 79.1 Å². The van der Waals surface area contributed by atoms with Gasteiger partial charge in [-0.15, -0.1) is 0 Å². The van der Waals surface area contributed by atoms with E-state index in [1.165, 1.54) is 38.5 Å². The molecule has 0 amide bonds. The molecule has 0 unspecified atom stereocenters. The number of hydrogen-bond donors (Lipinski definition) is 0. The number of unbranched alkanes of at least 4 members (excludes halogenated alkanes) is 7. The standard InChI is InChI=1S/C8H19O3P.C8H18/c1-3-5-7-10-12(9)11-8-6-4-2;1-3-5-7-8-6-4-2/h12H,3-8H2,1-2H3;3-8H2,1-2H3. The van der Waals surface area contributed by atoms with Gasteiger partial charge >= 0.3 is 8.25 Å². The maximum absolute atomic E-state index is 10.9. The van der Waals surface area contributed by atoms with Crippen LogP contribution in [0.3, 0.4) is 0 Å². The smallest absolute Gasteiger partial charge is 0.311 e. The van der Waals surface area contributed by atoms with Crippen molar-refractivity contribution in [1.29, 1.82) is 0 Å². The molecule has 0 bridgehead atoms. The quantitative estimate of drug-likeness (QED) is 0.292. The summed E-state index contributed by atoms with van der Waals surface area (Å²) in [7, 11) is -2.18. The average Bonchev–Trinajstić information content (AvgIpc) is 2.45. The van der Waals surface area contributed by atoms with Crippen LogP contribution in [0.15, 0.2) is 0 Å². The van der Waals surface area contributed by atoms with Crippen LogP contribution in [-0.4, -0.2) is 13.2 Å². The number of hydrogen-bond acceptors (Lipinski definition) is 3. The Morgan fingerprint density at radius 1 is 0.600 bits per heavy atom. The summed E-state index contributed by atoms with van der Waals surface area (Å²) < 4.78 is 20.8. The zero-order valence-corrected chi connectivity index (χ0v) is 15.2. The fraction of sp³-hybridized carbons (Fsp3) is 1.00. The average molecular weight is 308 g/mol. The molecule has 4 heteroatoms. The molecule has 0 rings (SSSR count). The van der Waals surface area contributed by atoms with Crippen molar-refractivity contribution < 1.29 is 13.6 Å². The lowest BCUT2D eigenvalue weighted by atomic mass is 10.1. The van der Waals surface area contributed by atoms with Gasteiger partial charge in [0.25, 0.3) is 0 Å². The summed E-state index contributed by atoms with van der Waals surface area (Å²) >= 11 is 0. The second-order valence-electron chi connectivity index (χ2n) is 5.07. The Kier molecular flexibility index (Phi) is 24.1. The first-order valence-electron chi connectivity index (χ1n) is 8.52. The zero-order chi connectivity index (χ0) is 15.5. The first kappa shape index (κ1) is 22.4. The Morgan fingerprint density at radius 3 is 1.25 bits per heavy atom. The van der Waals surface area contributed by atoms with E-state index in [1.807, 2.05) is 0 Å². The highest BCUT2D eigenvalue weighted by molar-refractivity contribution is 7.33. The highest BCUT2D eigenvalue weighted by Gasteiger charge is 1.97. The minimum Gasteiger partial charge on any atom is -0.311 e. The summed E-state index contributed by atoms with van der Waals surface area (Å²) in [5.41, 5.74) is 0. The molecule has 0 aromatic rings. The van der Waals surface area contributed by atoms with E-state index in [4.69, 9.17) is 9.05 Å². The van der Waals surface area contributed by atoms with Crippen molar-refractivity contribution in [3.8, 4) is 0 Å². The van der Waals surface area contributed by atoms with Gasteiger partial charge in [-0.05, 0) is 12.8 Å². The van der Waals surface area contributed by atoms with Gasteiger partial charge in [0.05, 0.1) is 13.2 Å². The van der Waals surface area contributed by atoms with Crippen molar-refractivity contribution in [1.82, 2.24) is 0 Å². The molecule has 0 spiro atoms. The van der Waals surface area contributed by atoms with E-state index in [1.54, 1.807) is 0 Å². The molecule has 0 saturated carbocycles. The molecule has 0 aliphatic heterocycles. The van der Waals surface area contributed by atoms with Gasteiger partial charge in [-0.25, -0.2) is 0 Å². The lowest BCUT2D eigenvalue weighted by Crippen LogP contribution is -1.90. The predicted molar refractivity (Wildman–Crippen MR) is 89.8 cm³/mol. The van der Waals surface area contributed by atoms with E-state index < -0.39 is 8.25 Å². The van der Waals surface area contributed by atoms with Crippen LogP contribution in [0.25, 0.3) is 0 Å². The second kappa shape index (κ2) is 21.4. The van der Waals surface area contributed by atoms with Crippen LogP contribution in [0.2, 0.25) is 0 Å². The molecular weight excluding hydrogens is 271 g/mol. The lowest BCUT2D eigenvalue weighted by Gasteiger charge is -2.03. The van der Waals surface area contributed by atoms with Gasteiger partial charge in [0.15, 0.2) is 0 Å². The highest BCUT2D eigenvalue weighted by atomic mass is 31.1. The third-order valence-corrected chi connectivity index (χ3v) is 3.77. The van der Waals surface area contributed by atoms with Crippen LogP contribution in [0, 0.1) is 0 Å². The van der Waals surface area contributed by atoms with E-state index in [2.05, 4.69) is 27.7 Å². The van der Waals surface area contributed by atoms with Gasteiger partial charge in [0, 0.05) is 0 Å². The van der Waals surface area contributed by atoms with Crippen molar-refractivity contribution in [2.45, 2.75) is 91.9 Å². The molecule has 124 valence electrons. The fourth-order valence-electron chi connectivity index (χ4n) is 1.49. The van der Waals surface area contributed by atoms with E-state index in [0.717, 1.165) is 25.7 Å². The maximum Gasteiger partial charge on any atom is 0.319 e. The molecule has 0 fully saturated rings. The van der Waals surface area contributed by atoms with Crippen molar-refractivity contribution in [3.63, 3.8) is 0 Å². The largest absolute Gasteiger partial charge is 0.319 e. The summed E-state index contributed by atoms with van der Waals surface area (Å²) in [6.07, 6.45) is 12.5. The molecule has 0 aliphatic rings. The Hall–Kier alpha value is 0.150. The Balaban J connectivity index is 0. The minimum absolute atomic E-state index is 0.556. The maximum atomic E-state index is 10.9. The van der Waals surface area contributed by atoms with Crippen LogP contribution in [0.5, 0.6) is 0 Å². The Bertz CT molecular complexity index is 169. The third kappa shape index (κ3) is 23.3. The lowest BCUT2D eigenvalue weighted by molar-refractivity contribution is 0.221. The third-order valence-electron chi connectivity index (χ3n) is 2.89. The normalized spacial score (nSPS) is 10.4. The van der Waals surface area contributed by atoms with Gasteiger partial charge in [0.2, 0.25) is 0 Å². The number of rotatable bonds is 13. The van der Waals surface area contributed by atoms with Gasteiger partial charge in [-0.2, -0.15) is 0 Å². The van der Waals surface area contributed by atoms with Crippen molar-refractivity contribution >= 4 is 8.25 Å². The van der Waals surface area contributed by atoms with Crippen LogP contribution in [0.4, 0.5) is 0 Å². The van der Waals surface area contributed by atoms with E-state index in [0.29, 0.717) is 13.2 Å². The summed E-state index contributed by atoms with van der Waals surface area (Å²) in [6.45, 7) is 9.76. The predicted octanol–water partition coefficient (Wildman–Crippen LogP) is 6.38. The molecule has 0 heterocycles. The van der Waals surface area contributed by atoms with Crippen molar-refractivity contribution in [2.24, 2.45) is 0 Å². The molecule has 20 heavy (non-hydrogen) atoms. The van der Waals surface area contributed by atoms with E-state index >= 15 is 0 Å². The van der Waals surface area contributed by atoms with Crippen LogP contribution < -0.4 is 0 Å². The fourth-order valence-corrected chi connectivity index (χ4v) is 2.20. The first-order chi connectivity index (χ1) is 9.72. The van der Waals surface area contributed by atoms with Gasteiger partial charge < -0.3 is 9.05 Å². The van der Waals surface area contributed by atoms with Gasteiger partial charge in [0.1, 0.15) is 0 Å². The molecule has 0 aromatic carbocycles. The molecule has 3 nitrogen and oxygen atoms in total. The molecule has 0 radical (unpaired) electrons. The monoisotopic (exact) mass is 308 g/mol. The zero-order valence-electron chi connectivity index (χ0n) is 14.2. The van der Waals surface area contributed by atoms with Crippen LogP contribution in [0.1, 0.15) is 91.9 Å². The van der Waals surface area contributed by atoms with Crippen LogP contribution in [-0.2, 0) is 13.6 Å². The van der Waals surface area contributed by atoms with Crippen LogP contribution >= 0.6 is 8.25 Å². The summed E-state index contributed by atoms with van der Waals surface area (Å²) in [5.74, 6) is 0. The Morgan fingerprint density at radius 2 is 0.950 bits per heavy atom. The summed E-state index contributed by atoms with van der Waals surface area (Å²) in [4.78, 5) is 0. The Labute approximate surface area is 127 Å². The minimum atomic E-state index is -2.18. The summed E-state index contributed by atoms with van der Waals surface area (Å²) in [5, 5.41) is 0. The molecule has 0 atom stereocenters.